The minimum absolute atomic E-state index is 0.139. The molecule has 0 bridgehead atoms. The van der Waals surface area contributed by atoms with Gasteiger partial charge in [-0.2, -0.15) is 0 Å². The third-order valence-electron chi connectivity index (χ3n) is 4.26. The number of rotatable bonds is 8. The van der Waals surface area contributed by atoms with Crippen molar-refractivity contribution >= 4 is 61.9 Å². The number of carbonyl (C=O) groups is 1. The fraction of sp³-hybridized carbons (Fsp3) is 0.217. The third-order valence-corrected chi connectivity index (χ3v) is 6.06. The molecule has 0 aromatic heterocycles. The highest BCUT2D eigenvalue weighted by molar-refractivity contribution is 9.10. The number of amides is 1. The fourth-order valence-corrected chi connectivity index (χ4v) is 4.79. The van der Waals surface area contributed by atoms with Crippen molar-refractivity contribution in [2.45, 2.75) is 20.3 Å². The molecule has 30 heavy (non-hydrogen) atoms. The van der Waals surface area contributed by atoms with E-state index in [1.54, 1.807) is 4.90 Å². The van der Waals surface area contributed by atoms with Crippen molar-refractivity contribution < 1.29 is 14.3 Å². The smallest absolute Gasteiger partial charge is 0.270 e. The maximum atomic E-state index is 13.1. The van der Waals surface area contributed by atoms with Gasteiger partial charge in [-0.25, -0.2) is 0 Å². The second kappa shape index (κ2) is 10.3. The summed E-state index contributed by atoms with van der Waals surface area (Å²) in [6, 6.07) is 11.4. The number of nitrogens with zero attached hydrogens (tertiary/aromatic N) is 1. The number of allylic oxidation sites excluding steroid dienone is 1. The summed E-state index contributed by atoms with van der Waals surface area (Å²) >= 11 is 10.2. The zero-order valence-corrected chi connectivity index (χ0v) is 20.0. The molecule has 1 amide bonds. The van der Waals surface area contributed by atoms with Crippen LogP contribution < -0.4 is 14.4 Å². The van der Waals surface area contributed by atoms with Crippen molar-refractivity contribution in [2.75, 3.05) is 18.1 Å². The Labute approximate surface area is 195 Å². The topological polar surface area (TPSA) is 38.8 Å². The van der Waals surface area contributed by atoms with Gasteiger partial charge in [-0.1, -0.05) is 52.1 Å². The Bertz CT molecular complexity index is 1020. The summed E-state index contributed by atoms with van der Waals surface area (Å²) in [5.41, 5.74) is 2.56. The molecular formula is C23H22BrNO3S2. The summed E-state index contributed by atoms with van der Waals surface area (Å²) in [5.74, 6) is 1.24. The van der Waals surface area contributed by atoms with E-state index in [0.717, 1.165) is 27.0 Å². The van der Waals surface area contributed by atoms with Crippen LogP contribution in [-0.2, 0) is 11.2 Å². The Morgan fingerprint density at radius 2 is 1.97 bits per heavy atom. The molecule has 0 unspecified atom stereocenters. The lowest BCUT2D eigenvalue weighted by Gasteiger charge is -2.16. The molecule has 0 radical (unpaired) electrons. The van der Waals surface area contributed by atoms with Gasteiger partial charge in [0.15, 0.2) is 15.8 Å². The Morgan fingerprint density at radius 1 is 1.20 bits per heavy atom. The van der Waals surface area contributed by atoms with Crippen LogP contribution >= 0.6 is 39.9 Å². The second-order valence-corrected chi connectivity index (χ2v) is 8.95. The fourth-order valence-electron chi connectivity index (χ4n) is 3.10. The molecule has 2 aromatic carbocycles. The molecule has 0 spiro atoms. The molecule has 1 saturated heterocycles. The lowest BCUT2D eigenvalue weighted by molar-refractivity contribution is -0.113. The number of thioether (sulfide) groups is 1. The van der Waals surface area contributed by atoms with Crippen LogP contribution in [0.25, 0.3) is 6.08 Å². The monoisotopic (exact) mass is 503 g/mol. The summed E-state index contributed by atoms with van der Waals surface area (Å²) in [6.45, 7) is 8.76. The third kappa shape index (κ3) is 4.96. The van der Waals surface area contributed by atoms with Crippen LogP contribution in [0.3, 0.4) is 0 Å². The molecule has 1 aliphatic rings. The van der Waals surface area contributed by atoms with Crippen molar-refractivity contribution in [1.82, 2.24) is 0 Å². The number of ether oxygens (including phenoxy) is 2. The Kier molecular flexibility index (Phi) is 7.75. The van der Waals surface area contributed by atoms with E-state index in [2.05, 4.69) is 22.5 Å². The Hall–Kier alpha value is -2.09. The van der Waals surface area contributed by atoms with Gasteiger partial charge in [-0.3, -0.25) is 9.69 Å². The first-order valence-corrected chi connectivity index (χ1v) is 11.6. The minimum atomic E-state index is -0.139. The Balaban J connectivity index is 2.00. The van der Waals surface area contributed by atoms with Gasteiger partial charge in [0.25, 0.3) is 5.91 Å². The van der Waals surface area contributed by atoms with Crippen LogP contribution in [-0.4, -0.2) is 23.4 Å². The first-order valence-electron chi connectivity index (χ1n) is 9.55. The molecular weight excluding hydrogens is 482 g/mol. The van der Waals surface area contributed by atoms with E-state index >= 15 is 0 Å². The molecule has 0 atom stereocenters. The van der Waals surface area contributed by atoms with Crippen LogP contribution in [0, 0.1) is 0 Å². The number of halogens is 1. The molecule has 4 nitrogen and oxygen atoms in total. The predicted molar refractivity (Wildman–Crippen MR) is 132 cm³/mol. The van der Waals surface area contributed by atoms with Crippen LogP contribution in [0.1, 0.15) is 25.0 Å². The quantitative estimate of drug-likeness (QED) is 0.237. The second-order valence-electron chi connectivity index (χ2n) is 6.36. The first-order chi connectivity index (χ1) is 14.5. The van der Waals surface area contributed by atoms with E-state index in [1.807, 2.05) is 62.4 Å². The van der Waals surface area contributed by atoms with Crippen molar-refractivity contribution in [3.05, 3.63) is 69.6 Å². The van der Waals surface area contributed by atoms with Gasteiger partial charge < -0.3 is 9.47 Å². The van der Waals surface area contributed by atoms with Gasteiger partial charge in [0.2, 0.25) is 0 Å². The molecule has 2 aromatic rings. The van der Waals surface area contributed by atoms with E-state index in [4.69, 9.17) is 21.7 Å². The number of hydrogen-bond acceptors (Lipinski definition) is 5. The van der Waals surface area contributed by atoms with E-state index in [9.17, 15) is 4.79 Å². The highest BCUT2D eigenvalue weighted by atomic mass is 79.9. The summed E-state index contributed by atoms with van der Waals surface area (Å²) in [7, 11) is 0. The Morgan fingerprint density at radius 3 is 2.63 bits per heavy atom. The van der Waals surface area contributed by atoms with Crippen molar-refractivity contribution in [3.8, 4) is 11.5 Å². The largest absolute Gasteiger partial charge is 0.490 e. The standard InChI is InChI=1S/C23H22BrNO3S2/c1-4-8-16-11-15(12-19(27-5-2)21(16)28-6-3)13-20-22(26)25(23(29)30-20)18-10-7-9-17(24)14-18/h4,7,9-14H,1,5-6,8H2,2-3H3/b20-13+. The molecule has 3 rings (SSSR count). The molecule has 0 N–H and O–H groups in total. The maximum absolute atomic E-state index is 13.1. The van der Waals surface area contributed by atoms with E-state index in [1.165, 1.54) is 11.8 Å². The van der Waals surface area contributed by atoms with E-state index in [-0.39, 0.29) is 5.91 Å². The van der Waals surface area contributed by atoms with Crippen LogP contribution in [0.2, 0.25) is 0 Å². The number of thiocarbonyl (C=S) groups is 1. The molecule has 0 aliphatic carbocycles. The number of hydrogen-bond donors (Lipinski definition) is 0. The summed E-state index contributed by atoms with van der Waals surface area (Å²) in [4.78, 5) is 15.2. The zero-order valence-electron chi connectivity index (χ0n) is 16.8. The zero-order chi connectivity index (χ0) is 21.7. The number of carbonyl (C=O) groups excluding carboxylic acids is 1. The molecule has 1 fully saturated rings. The van der Waals surface area contributed by atoms with Crippen molar-refractivity contribution in [3.63, 3.8) is 0 Å². The summed E-state index contributed by atoms with van der Waals surface area (Å²) < 4.78 is 13.0. The summed E-state index contributed by atoms with van der Waals surface area (Å²) in [6.07, 6.45) is 4.31. The SMILES string of the molecule is C=CCc1cc(/C=C2/SC(=S)N(c3cccc(Br)c3)C2=O)cc(OCC)c1OCC. The maximum Gasteiger partial charge on any atom is 0.270 e. The normalized spacial score (nSPS) is 15.0. The number of benzene rings is 2. The molecule has 156 valence electrons. The average molecular weight is 504 g/mol. The summed E-state index contributed by atoms with van der Waals surface area (Å²) in [5, 5.41) is 0. The lowest BCUT2D eigenvalue weighted by Crippen LogP contribution is -2.27. The van der Waals surface area contributed by atoms with E-state index in [0.29, 0.717) is 34.6 Å². The van der Waals surface area contributed by atoms with Crippen LogP contribution in [0.5, 0.6) is 11.5 Å². The highest BCUT2D eigenvalue weighted by Gasteiger charge is 2.33. The van der Waals surface area contributed by atoms with Crippen LogP contribution in [0.4, 0.5) is 5.69 Å². The molecule has 0 saturated carbocycles. The van der Waals surface area contributed by atoms with Crippen molar-refractivity contribution in [2.24, 2.45) is 0 Å². The van der Waals surface area contributed by atoms with Gasteiger partial charge in [-0.15, -0.1) is 6.58 Å². The van der Waals surface area contributed by atoms with E-state index < -0.39 is 0 Å². The van der Waals surface area contributed by atoms with Crippen molar-refractivity contribution in [1.29, 1.82) is 0 Å². The van der Waals surface area contributed by atoms with Gasteiger partial charge in [0.1, 0.15) is 0 Å². The highest BCUT2D eigenvalue weighted by Crippen LogP contribution is 2.39. The van der Waals surface area contributed by atoms with Crippen LogP contribution in [0.15, 0.2) is 58.4 Å². The average Bonchev–Trinajstić information content (AvgIpc) is 2.98. The first kappa shape index (κ1) is 22.6. The number of anilines is 1. The van der Waals surface area contributed by atoms with Gasteiger partial charge >= 0.3 is 0 Å². The van der Waals surface area contributed by atoms with Gasteiger partial charge in [0.05, 0.1) is 23.8 Å². The van der Waals surface area contributed by atoms with Gasteiger partial charge in [-0.05, 0) is 62.2 Å². The molecule has 1 heterocycles. The molecule has 1 aliphatic heterocycles. The lowest BCUT2D eigenvalue weighted by atomic mass is 10.0. The van der Waals surface area contributed by atoms with Gasteiger partial charge in [0, 0.05) is 10.0 Å². The minimum Gasteiger partial charge on any atom is -0.490 e. The predicted octanol–water partition coefficient (Wildman–Crippen LogP) is 6.38. The molecule has 7 heteroatoms.